The van der Waals surface area contributed by atoms with Crippen LogP contribution in [0.5, 0.6) is 5.75 Å². The van der Waals surface area contributed by atoms with Crippen molar-refractivity contribution in [1.29, 1.82) is 0 Å². The average molecular weight is 372 g/mol. The molecular weight excluding hydrogens is 348 g/mol. The molecule has 0 aliphatic carbocycles. The Bertz CT molecular complexity index is 702. The molecule has 26 heavy (non-hydrogen) atoms. The van der Waals surface area contributed by atoms with Crippen LogP contribution < -0.4 is 10.1 Å². The minimum Gasteiger partial charge on any atom is -0.493 e. The summed E-state index contributed by atoms with van der Waals surface area (Å²) in [6.07, 6.45) is 6.50. The van der Waals surface area contributed by atoms with Gasteiger partial charge in [-0.05, 0) is 48.4 Å². The zero-order chi connectivity index (χ0) is 18.8. The molecule has 2 aromatic rings. The molecular formula is C20H24N2O3S. The summed E-state index contributed by atoms with van der Waals surface area (Å²) in [4.78, 5) is 26.6. The monoisotopic (exact) mass is 372 g/mol. The Kier molecular flexibility index (Phi) is 8.15. The Labute approximate surface area is 158 Å². The van der Waals surface area contributed by atoms with Crippen molar-refractivity contribution in [2.45, 2.75) is 31.4 Å². The maximum absolute atomic E-state index is 11.8. The highest BCUT2D eigenvalue weighted by Crippen LogP contribution is 2.18. The van der Waals surface area contributed by atoms with Gasteiger partial charge in [0.1, 0.15) is 5.75 Å². The first kappa shape index (κ1) is 20.0. The third-order valence-corrected chi connectivity index (χ3v) is 4.99. The second kappa shape index (κ2) is 10.6. The Morgan fingerprint density at radius 3 is 2.54 bits per heavy atom. The lowest BCUT2D eigenvalue weighted by Crippen LogP contribution is -2.32. The number of aromatic nitrogens is 1. The molecule has 6 heteroatoms. The van der Waals surface area contributed by atoms with Crippen molar-refractivity contribution in [3.63, 3.8) is 0 Å². The van der Waals surface area contributed by atoms with E-state index >= 15 is 0 Å². The number of nitrogens with zero attached hydrogens (tertiary/aromatic N) is 1. The fraction of sp³-hybridized carbons (Fsp3) is 0.350. The van der Waals surface area contributed by atoms with E-state index in [0.29, 0.717) is 19.4 Å². The van der Waals surface area contributed by atoms with E-state index in [1.165, 1.54) is 17.3 Å². The van der Waals surface area contributed by atoms with Crippen LogP contribution in [0.1, 0.15) is 23.7 Å². The number of hydrogen-bond donors (Lipinski definition) is 1. The molecule has 5 nitrogen and oxygen atoms in total. The number of pyridine rings is 1. The fourth-order valence-electron chi connectivity index (χ4n) is 2.46. The Morgan fingerprint density at radius 1 is 1.23 bits per heavy atom. The fourth-order valence-corrected chi connectivity index (χ4v) is 3.10. The van der Waals surface area contributed by atoms with Gasteiger partial charge in [-0.15, -0.1) is 0 Å². The van der Waals surface area contributed by atoms with E-state index in [9.17, 15) is 9.59 Å². The van der Waals surface area contributed by atoms with E-state index in [1.54, 1.807) is 0 Å². The summed E-state index contributed by atoms with van der Waals surface area (Å²) in [5.41, 5.74) is 3.27. The minimum absolute atomic E-state index is 0.269. The zero-order valence-corrected chi connectivity index (χ0v) is 15.9. The molecule has 138 valence electrons. The third kappa shape index (κ3) is 6.19. The predicted molar refractivity (Wildman–Crippen MR) is 104 cm³/mol. The standard InChI is InChI=1S/C20H24N2O3S/c1-3-15-4-7-17(21-13-15)10-11-25-18-8-5-16(6-9-18)12-19(26-2)20(24)22-14-23/h4-9,13-14,19H,3,10-12H2,1-2H3,(H,22,23,24). The number of imide groups is 1. The van der Waals surface area contributed by atoms with Crippen LogP contribution in [0.3, 0.4) is 0 Å². The Hall–Kier alpha value is -2.34. The maximum atomic E-state index is 11.8. The number of carbonyl (C=O) groups is 2. The number of carbonyl (C=O) groups excluding carboxylic acids is 2. The van der Waals surface area contributed by atoms with Gasteiger partial charge in [0.2, 0.25) is 12.3 Å². The van der Waals surface area contributed by atoms with Crippen LogP contribution in [-0.4, -0.2) is 35.4 Å². The lowest BCUT2D eigenvalue weighted by Gasteiger charge is -2.13. The van der Waals surface area contributed by atoms with Gasteiger partial charge in [-0.1, -0.05) is 25.1 Å². The van der Waals surface area contributed by atoms with Gasteiger partial charge in [-0.3, -0.25) is 19.9 Å². The molecule has 0 aliphatic rings. The molecule has 0 bridgehead atoms. The maximum Gasteiger partial charge on any atom is 0.239 e. The highest BCUT2D eigenvalue weighted by atomic mass is 32.2. The molecule has 0 spiro atoms. The van der Waals surface area contributed by atoms with Crippen molar-refractivity contribution in [2.24, 2.45) is 0 Å². The summed E-state index contributed by atoms with van der Waals surface area (Å²) in [6, 6.07) is 11.8. The molecule has 1 heterocycles. The van der Waals surface area contributed by atoms with E-state index in [-0.39, 0.29) is 11.2 Å². The number of hydrogen-bond acceptors (Lipinski definition) is 5. The third-order valence-electron chi connectivity index (χ3n) is 4.04. The molecule has 1 atom stereocenters. The second-order valence-electron chi connectivity index (χ2n) is 5.81. The van der Waals surface area contributed by atoms with Crippen LogP contribution >= 0.6 is 11.8 Å². The molecule has 0 aliphatic heterocycles. The SMILES string of the molecule is CCc1ccc(CCOc2ccc(CC(SC)C(=O)NC=O)cc2)nc1. The van der Waals surface area contributed by atoms with Gasteiger partial charge >= 0.3 is 0 Å². The molecule has 0 saturated carbocycles. The van der Waals surface area contributed by atoms with Gasteiger partial charge in [0, 0.05) is 18.3 Å². The smallest absolute Gasteiger partial charge is 0.239 e. The zero-order valence-electron chi connectivity index (χ0n) is 15.1. The minimum atomic E-state index is -0.288. The van der Waals surface area contributed by atoms with E-state index in [0.717, 1.165) is 29.8 Å². The highest BCUT2D eigenvalue weighted by Gasteiger charge is 2.17. The average Bonchev–Trinajstić information content (AvgIpc) is 2.68. The molecule has 1 aromatic carbocycles. The van der Waals surface area contributed by atoms with Gasteiger partial charge < -0.3 is 4.74 Å². The Morgan fingerprint density at radius 2 is 1.96 bits per heavy atom. The van der Waals surface area contributed by atoms with Crippen molar-refractivity contribution >= 4 is 24.1 Å². The molecule has 2 rings (SSSR count). The number of nitrogens with one attached hydrogen (secondary N) is 1. The number of ether oxygens (including phenoxy) is 1. The Balaban J connectivity index is 1.82. The van der Waals surface area contributed by atoms with Gasteiger partial charge in [0.05, 0.1) is 11.9 Å². The van der Waals surface area contributed by atoms with Crippen LogP contribution in [0, 0.1) is 0 Å². The van der Waals surface area contributed by atoms with Crippen molar-refractivity contribution in [3.8, 4) is 5.75 Å². The molecule has 1 unspecified atom stereocenters. The first-order valence-corrected chi connectivity index (χ1v) is 9.87. The first-order valence-electron chi connectivity index (χ1n) is 8.58. The molecule has 2 amide bonds. The van der Waals surface area contributed by atoms with E-state index in [2.05, 4.69) is 23.3 Å². The molecule has 1 aromatic heterocycles. The van der Waals surface area contributed by atoms with Crippen LogP contribution in [0.4, 0.5) is 0 Å². The quantitative estimate of drug-likeness (QED) is 0.650. The van der Waals surface area contributed by atoms with Crippen molar-refractivity contribution in [1.82, 2.24) is 10.3 Å². The predicted octanol–water partition coefficient (Wildman–Crippen LogP) is 2.81. The number of benzene rings is 1. The summed E-state index contributed by atoms with van der Waals surface area (Å²) in [5.74, 6) is 0.520. The number of aryl methyl sites for hydroxylation is 1. The summed E-state index contributed by atoms with van der Waals surface area (Å²) in [6.45, 7) is 2.67. The van der Waals surface area contributed by atoms with Gasteiger partial charge in [0.15, 0.2) is 0 Å². The van der Waals surface area contributed by atoms with E-state index < -0.39 is 0 Å². The summed E-state index contributed by atoms with van der Waals surface area (Å²) < 4.78 is 5.77. The summed E-state index contributed by atoms with van der Waals surface area (Å²) >= 11 is 1.42. The molecule has 0 fully saturated rings. The van der Waals surface area contributed by atoms with Crippen LogP contribution in [0.25, 0.3) is 0 Å². The lowest BCUT2D eigenvalue weighted by atomic mass is 10.1. The number of thioether (sulfide) groups is 1. The topological polar surface area (TPSA) is 68.3 Å². The normalized spacial score (nSPS) is 11.6. The van der Waals surface area contributed by atoms with Crippen molar-refractivity contribution in [2.75, 3.05) is 12.9 Å². The van der Waals surface area contributed by atoms with Gasteiger partial charge in [-0.2, -0.15) is 11.8 Å². The van der Waals surface area contributed by atoms with Crippen molar-refractivity contribution in [3.05, 3.63) is 59.4 Å². The number of rotatable bonds is 10. The van der Waals surface area contributed by atoms with Crippen LogP contribution in [-0.2, 0) is 28.9 Å². The first-order chi connectivity index (χ1) is 12.7. The molecule has 0 radical (unpaired) electrons. The lowest BCUT2D eigenvalue weighted by molar-refractivity contribution is -0.124. The van der Waals surface area contributed by atoms with Crippen LogP contribution in [0.15, 0.2) is 42.6 Å². The highest BCUT2D eigenvalue weighted by molar-refractivity contribution is 7.99. The largest absolute Gasteiger partial charge is 0.493 e. The van der Waals surface area contributed by atoms with E-state index in [4.69, 9.17) is 4.74 Å². The number of amides is 2. The second-order valence-corrected chi connectivity index (χ2v) is 6.85. The molecule has 1 N–H and O–H groups in total. The van der Waals surface area contributed by atoms with Crippen molar-refractivity contribution < 1.29 is 14.3 Å². The van der Waals surface area contributed by atoms with Crippen LogP contribution in [0.2, 0.25) is 0 Å². The van der Waals surface area contributed by atoms with Gasteiger partial charge in [-0.25, -0.2) is 0 Å². The van der Waals surface area contributed by atoms with E-state index in [1.807, 2.05) is 42.8 Å². The molecule has 0 saturated heterocycles. The summed E-state index contributed by atoms with van der Waals surface area (Å²) in [7, 11) is 0. The van der Waals surface area contributed by atoms with Gasteiger partial charge in [0.25, 0.3) is 0 Å². The summed E-state index contributed by atoms with van der Waals surface area (Å²) in [5, 5.41) is 1.92.